The number of aromatic nitrogens is 3. The lowest BCUT2D eigenvalue weighted by atomic mass is 10.1. The van der Waals surface area contributed by atoms with Crippen LogP contribution in [0.15, 0.2) is 18.2 Å². The van der Waals surface area contributed by atoms with E-state index in [1.807, 2.05) is 39.1 Å². The van der Waals surface area contributed by atoms with E-state index in [2.05, 4.69) is 29.1 Å². The van der Waals surface area contributed by atoms with Gasteiger partial charge < -0.3 is 5.32 Å². The molecule has 0 aromatic carbocycles. The lowest BCUT2D eigenvalue weighted by Crippen LogP contribution is -2.04. The van der Waals surface area contributed by atoms with Crippen molar-refractivity contribution in [3.8, 4) is 11.4 Å². The molecule has 0 amide bonds. The molecule has 0 aliphatic carbocycles. The van der Waals surface area contributed by atoms with Gasteiger partial charge in [0.15, 0.2) is 5.82 Å². The first-order valence-electron chi connectivity index (χ1n) is 6.99. The lowest BCUT2D eigenvalue weighted by Gasteiger charge is -2.10. The fourth-order valence-corrected chi connectivity index (χ4v) is 2.24. The smallest absolute Gasteiger partial charge is 0.161 e. The zero-order valence-electron chi connectivity index (χ0n) is 12.9. The zero-order valence-corrected chi connectivity index (χ0v) is 12.9. The van der Waals surface area contributed by atoms with Gasteiger partial charge in [-0.15, -0.1) is 0 Å². The molecule has 2 rings (SSSR count). The van der Waals surface area contributed by atoms with E-state index in [-0.39, 0.29) is 0 Å². The summed E-state index contributed by atoms with van der Waals surface area (Å²) in [6.45, 7) is 8.38. The van der Waals surface area contributed by atoms with Crippen LogP contribution in [-0.2, 0) is 6.42 Å². The lowest BCUT2D eigenvalue weighted by molar-refractivity contribution is 0.635. The van der Waals surface area contributed by atoms with Crippen LogP contribution >= 0.6 is 0 Å². The van der Waals surface area contributed by atoms with Gasteiger partial charge in [0.25, 0.3) is 0 Å². The fourth-order valence-electron chi connectivity index (χ4n) is 2.24. The SMILES string of the molecule is CNc1cc(CC(C)C)nc(-c2cc(C)nc(C)c2)n1. The van der Waals surface area contributed by atoms with E-state index >= 15 is 0 Å². The van der Waals surface area contributed by atoms with Crippen LogP contribution in [0.25, 0.3) is 11.4 Å². The summed E-state index contributed by atoms with van der Waals surface area (Å²) < 4.78 is 0. The van der Waals surface area contributed by atoms with Gasteiger partial charge in [-0.2, -0.15) is 0 Å². The van der Waals surface area contributed by atoms with Crippen molar-refractivity contribution in [2.24, 2.45) is 5.92 Å². The first kappa shape index (κ1) is 14.4. The van der Waals surface area contributed by atoms with Gasteiger partial charge in [0, 0.05) is 35.8 Å². The van der Waals surface area contributed by atoms with Crippen molar-refractivity contribution in [3.05, 3.63) is 35.3 Å². The highest BCUT2D eigenvalue weighted by Crippen LogP contribution is 2.20. The van der Waals surface area contributed by atoms with Gasteiger partial charge in [0.05, 0.1) is 0 Å². The van der Waals surface area contributed by atoms with Crippen LogP contribution in [0.1, 0.15) is 30.9 Å². The molecule has 2 heterocycles. The first-order chi connectivity index (χ1) is 9.47. The second-order valence-corrected chi connectivity index (χ2v) is 5.55. The van der Waals surface area contributed by atoms with E-state index in [1.165, 1.54) is 0 Å². The molecule has 0 unspecified atom stereocenters. The molecule has 0 aliphatic heterocycles. The third kappa shape index (κ3) is 3.53. The largest absolute Gasteiger partial charge is 0.373 e. The van der Waals surface area contributed by atoms with E-state index in [9.17, 15) is 0 Å². The second-order valence-electron chi connectivity index (χ2n) is 5.55. The molecule has 0 saturated heterocycles. The molecule has 0 atom stereocenters. The van der Waals surface area contributed by atoms with E-state index < -0.39 is 0 Å². The predicted molar refractivity (Wildman–Crippen MR) is 82.8 cm³/mol. The topological polar surface area (TPSA) is 50.7 Å². The maximum atomic E-state index is 4.70. The molecule has 0 bridgehead atoms. The number of aryl methyl sites for hydroxylation is 2. The number of anilines is 1. The number of hydrogen-bond acceptors (Lipinski definition) is 4. The highest BCUT2D eigenvalue weighted by Gasteiger charge is 2.09. The maximum absolute atomic E-state index is 4.70. The Hall–Kier alpha value is -1.97. The van der Waals surface area contributed by atoms with Gasteiger partial charge in [-0.3, -0.25) is 4.98 Å². The van der Waals surface area contributed by atoms with Gasteiger partial charge in [0.2, 0.25) is 0 Å². The number of rotatable bonds is 4. The molecular weight excluding hydrogens is 248 g/mol. The molecule has 2 aromatic heterocycles. The molecule has 1 N–H and O–H groups in total. The minimum Gasteiger partial charge on any atom is -0.373 e. The third-order valence-corrected chi connectivity index (χ3v) is 2.99. The molecular formula is C16H22N4. The fraction of sp³-hybridized carbons (Fsp3) is 0.438. The Kier molecular flexibility index (Phi) is 4.32. The summed E-state index contributed by atoms with van der Waals surface area (Å²) in [4.78, 5) is 13.7. The summed E-state index contributed by atoms with van der Waals surface area (Å²) in [5, 5.41) is 3.11. The van der Waals surface area contributed by atoms with E-state index in [1.54, 1.807) is 0 Å². The van der Waals surface area contributed by atoms with Crippen LogP contribution in [0.2, 0.25) is 0 Å². The number of pyridine rings is 1. The van der Waals surface area contributed by atoms with Crippen molar-refractivity contribution in [3.63, 3.8) is 0 Å². The summed E-state index contributed by atoms with van der Waals surface area (Å²) >= 11 is 0. The Morgan fingerprint density at radius 3 is 2.20 bits per heavy atom. The summed E-state index contributed by atoms with van der Waals surface area (Å²) in [5.74, 6) is 2.20. The molecule has 0 spiro atoms. The number of nitrogens with one attached hydrogen (secondary N) is 1. The summed E-state index contributed by atoms with van der Waals surface area (Å²) in [7, 11) is 1.88. The molecule has 0 radical (unpaired) electrons. The van der Waals surface area contributed by atoms with E-state index in [0.717, 1.165) is 40.7 Å². The van der Waals surface area contributed by atoms with E-state index in [0.29, 0.717) is 5.92 Å². The molecule has 4 heteroatoms. The number of hydrogen-bond donors (Lipinski definition) is 1. The molecule has 0 aliphatic rings. The van der Waals surface area contributed by atoms with Gasteiger partial charge in [-0.25, -0.2) is 9.97 Å². The van der Waals surface area contributed by atoms with Crippen LogP contribution in [0.5, 0.6) is 0 Å². The quantitative estimate of drug-likeness (QED) is 0.925. The average molecular weight is 270 g/mol. The second kappa shape index (κ2) is 5.99. The molecule has 2 aromatic rings. The average Bonchev–Trinajstić information content (AvgIpc) is 2.36. The van der Waals surface area contributed by atoms with Crippen molar-refractivity contribution in [1.29, 1.82) is 0 Å². The highest BCUT2D eigenvalue weighted by atomic mass is 15.0. The van der Waals surface area contributed by atoms with Crippen molar-refractivity contribution in [2.75, 3.05) is 12.4 Å². The Labute approximate surface area is 120 Å². The standard InChI is InChI=1S/C16H22N4/c1-10(2)6-14-9-15(17-5)20-16(19-14)13-7-11(3)18-12(4)8-13/h7-10H,6H2,1-5H3,(H,17,19,20). The minimum absolute atomic E-state index is 0.573. The summed E-state index contributed by atoms with van der Waals surface area (Å²) in [6.07, 6.45) is 0.952. The van der Waals surface area contributed by atoms with Crippen LogP contribution in [0.4, 0.5) is 5.82 Å². The Bertz CT molecular complexity index is 585. The van der Waals surface area contributed by atoms with Gasteiger partial charge in [-0.05, 0) is 38.3 Å². The monoisotopic (exact) mass is 270 g/mol. The first-order valence-corrected chi connectivity index (χ1v) is 6.99. The normalized spacial score (nSPS) is 10.9. The van der Waals surface area contributed by atoms with Crippen LogP contribution < -0.4 is 5.32 Å². The molecule has 0 fully saturated rings. The maximum Gasteiger partial charge on any atom is 0.161 e. The highest BCUT2D eigenvalue weighted by molar-refractivity contribution is 5.58. The van der Waals surface area contributed by atoms with Gasteiger partial charge in [-0.1, -0.05) is 13.8 Å². The minimum atomic E-state index is 0.573. The van der Waals surface area contributed by atoms with Crippen LogP contribution in [0, 0.1) is 19.8 Å². The molecule has 20 heavy (non-hydrogen) atoms. The molecule has 4 nitrogen and oxygen atoms in total. The van der Waals surface area contributed by atoms with Crippen LogP contribution in [-0.4, -0.2) is 22.0 Å². The van der Waals surface area contributed by atoms with Gasteiger partial charge in [0.1, 0.15) is 5.82 Å². The van der Waals surface area contributed by atoms with E-state index in [4.69, 9.17) is 4.98 Å². The van der Waals surface area contributed by atoms with Crippen molar-refractivity contribution in [1.82, 2.24) is 15.0 Å². The van der Waals surface area contributed by atoms with Crippen molar-refractivity contribution in [2.45, 2.75) is 34.1 Å². The Balaban J connectivity index is 2.49. The summed E-state index contributed by atoms with van der Waals surface area (Å²) in [6, 6.07) is 6.08. The molecule has 0 saturated carbocycles. The zero-order chi connectivity index (χ0) is 14.7. The van der Waals surface area contributed by atoms with Crippen LogP contribution in [0.3, 0.4) is 0 Å². The van der Waals surface area contributed by atoms with Crippen molar-refractivity contribution < 1.29 is 0 Å². The van der Waals surface area contributed by atoms with Crippen molar-refractivity contribution >= 4 is 5.82 Å². The summed E-state index contributed by atoms with van der Waals surface area (Å²) in [5.41, 5.74) is 4.08. The predicted octanol–water partition coefficient (Wildman–Crippen LogP) is 3.40. The number of nitrogens with zero attached hydrogens (tertiary/aromatic N) is 3. The third-order valence-electron chi connectivity index (χ3n) is 2.99. The molecule has 106 valence electrons. The van der Waals surface area contributed by atoms with Gasteiger partial charge >= 0.3 is 0 Å². The Morgan fingerprint density at radius 2 is 1.65 bits per heavy atom. The Morgan fingerprint density at radius 1 is 1.00 bits per heavy atom.